The number of carbonyl (C=O) groups excluding carboxylic acids is 1. The first kappa shape index (κ1) is 28.8. The Labute approximate surface area is 235 Å². The van der Waals surface area contributed by atoms with Crippen LogP contribution in [0.2, 0.25) is 0 Å². The number of fused-ring (bicyclic) bond motifs is 1. The molecule has 0 radical (unpaired) electrons. The minimum absolute atomic E-state index is 0.0347. The Hall–Kier alpha value is -4.15. The fourth-order valence-corrected chi connectivity index (χ4v) is 5.17. The Bertz CT molecular complexity index is 1490. The van der Waals surface area contributed by atoms with Gasteiger partial charge in [-0.05, 0) is 67.6 Å². The molecule has 2 aromatic heterocycles. The van der Waals surface area contributed by atoms with Gasteiger partial charge in [-0.3, -0.25) is 9.59 Å². The maximum Gasteiger partial charge on any atom is 0.250 e. The van der Waals surface area contributed by atoms with Crippen LogP contribution in [0.25, 0.3) is 10.9 Å². The number of halogens is 1. The van der Waals surface area contributed by atoms with E-state index in [0.717, 1.165) is 49.9 Å². The van der Waals surface area contributed by atoms with Gasteiger partial charge in [0.1, 0.15) is 5.82 Å². The second-order valence-corrected chi connectivity index (χ2v) is 10.3. The van der Waals surface area contributed by atoms with Crippen molar-refractivity contribution >= 4 is 16.8 Å². The van der Waals surface area contributed by atoms with Crippen molar-refractivity contribution in [1.29, 1.82) is 0 Å². The number of terminal acetylenes is 1. The summed E-state index contributed by atoms with van der Waals surface area (Å²) in [6, 6.07) is 20.5. The molecule has 6 nitrogen and oxygen atoms in total. The number of hydrogen-bond acceptors (Lipinski definition) is 3. The largest absolute Gasteiger partial charge is 0.343 e. The number of aromatic nitrogens is 2. The number of rotatable bonds is 6. The first-order valence-electron chi connectivity index (χ1n) is 13.8. The molecule has 2 fully saturated rings. The van der Waals surface area contributed by atoms with Crippen LogP contribution < -0.4 is 10.9 Å². The quantitative estimate of drug-likeness (QED) is 0.352. The van der Waals surface area contributed by atoms with Crippen LogP contribution in [0.1, 0.15) is 36.8 Å². The van der Waals surface area contributed by atoms with Gasteiger partial charge in [0.25, 0.3) is 0 Å². The highest BCUT2D eigenvalue weighted by molar-refractivity contribution is 5.85. The Balaban J connectivity index is 0.000000316. The molecule has 1 aliphatic carbocycles. The van der Waals surface area contributed by atoms with E-state index in [2.05, 4.69) is 46.0 Å². The van der Waals surface area contributed by atoms with Crippen molar-refractivity contribution in [2.24, 2.45) is 13.0 Å². The van der Waals surface area contributed by atoms with Gasteiger partial charge in [-0.25, -0.2) is 4.39 Å². The fourth-order valence-electron chi connectivity index (χ4n) is 5.17. The van der Waals surface area contributed by atoms with Crippen molar-refractivity contribution in [3.05, 3.63) is 106 Å². The highest BCUT2D eigenvalue weighted by Crippen LogP contribution is 2.33. The molecule has 7 heteroatoms. The average Bonchev–Trinajstić information content (AvgIpc) is 3.78. The van der Waals surface area contributed by atoms with E-state index in [1.807, 2.05) is 24.3 Å². The lowest BCUT2D eigenvalue weighted by Crippen LogP contribution is -2.43. The van der Waals surface area contributed by atoms with Crippen LogP contribution in [0.15, 0.2) is 83.9 Å². The summed E-state index contributed by atoms with van der Waals surface area (Å²) >= 11 is 0. The lowest BCUT2D eigenvalue weighted by Gasteiger charge is -2.29. The van der Waals surface area contributed by atoms with E-state index in [0.29, 0.717) is 25.0 Å². The molecule has 3 heterocycles. The van der Waals surface area contributed by atoms with Gasteiger partial charge in [0.15, 0.2) is 0 Å². The van der Waals surface area contributed by atoms with Crippen molar-refractivity contribution in [1.82, 2.24) is 19.4 Å². The van der Waals surface area contributed by atoms with E-state index in [9.17, 15) is 14.0 Å². The number of hydrogen-bond donors (Lipinski definition) is 1. The third kappa shape index (κ3) is 7.28. The molecule has 0 bridgehead atoms. The fraction of sp³-hybridized carbons (Fsp3) is 0.333. The molecule has 1 saturated carbocycles. The van der Waals surface area contributed by atoms with Crippen molar-refractivity contribution < 1.29 is 9.18 Å². The number of nitrogens with zero attached hydrogens (tertiary/aromatic N) is 3. The second-order valence-electron chi connectivity index (χ2n) is 10.3. The van der Waals surface area contributed by atoms with E-state index in [1.165, 1.54) is 27.6 Å². The summed E-state index contributed by atoms with van der Waals surface area (Å²) in [4.78, 5) is 26.0. The third-order valence-corrected chi connectivity index (χ3v) is 7.38. The monoisotopic (exact) mass is 540 g/mol. The van der Waals surface area contributed by atoms with Crippen molar-refractivity contribution in [2.75, 3.05) is 13.1 Å². The number of pyridine rings is 1. The van der Waals surface area contributed by atoms with Crippen LogP contribution >= 0.6 is 0 Å². The molecule has 1 saturated heterocycles. The van der Waals surface area contributed by atoms with Crippen LogP contribution in [0.3, 0.4) is 0 Å². The average molecular weight is 541 g/mol. The van der Waals surface area contributed by atoms with Crippen molar-refractivity contribution in [3.63, 3.8) is 0 Å². The minimum Gasteiger partial charge on any atom is -0.343 e. The standard InChI is InChI=1S/C25H28FN3O.C6H7NO.C2H2/c26-21-7-3-5-18(13-21)15-28-16-20(23-8-1-2-9-24(23)28)17-29(22-10-11-22)25(30)19-6-4-12-27-14-19;1-7-5-3-2-4-6(7)8;1-2/h1-3,5,7-9,13,16,19,22,27H,4,6,10-12,14-15,17H2;2-5H,1H3;1-2H/t19-;;/m1../s1. The zero-order valence-corrected chi connectivity index (χ0v) is 23.0. The molecular formula is C33H37FN4O2. The van der Waals surface area contributed by atoms with Crippen LogP contribution in [0.5, 0.6) is 0 Å². The smallest absolute Gasteiger partial charge is 0.250 e. The third-order valence-electron chi connectivity index (χ3n) is 7.38. The number of benzene rings is 2. The van der Waals surface area contributed by atoms with Gasteiger partial charge in [-0.2, -0.15) is 0 Å². The minimum atomic E-state index is -0.212. The SMILES string of the molecule is C#C.Cn1ccccc1=O.O=C([C@@H]1CCCNC1)N(Cc1cn(Cc2cccc(F)c2)c2ccccc12)C1CC1. The summed E-state index contributed by atoms with van der Waals surface area (Å²) < 4.78 is 17.4. The van der Waals surface area contributed by atoms with Gasteiger partial charge in [-0.1, -0.05) is 36.4 Å². The summed E-state index contributed by atoms with van der Waals surface area (Å²) in [6.45, 7) is 3.07. The van der Waals surface area contributed by atoms with Gasteiger partial charge >= 0.3 is 0 Å². The maximum atomic E-state index is 13.7. The second kappa shape index (κ2) is 13.8. The van der Waals surface area contributed by atoms with Gasteiger partial charge < -0.3 is 19.4 Å². The molecule has 1 aliphatic heterocycles. The highest BCUT2D eigenvalue weighted by atomic mass is 19.1. The summed E-state index contributed by atoms with van der Waals surface area (Å²) in [5.41, 5.74) is 3.27. The Morgan fingerprint density at radius 3 is 2.48 bits per heavy atom. The lowest BCUT2D eigenvalue weighted by molar-refractivity contribution is -0.137. The van der Waals surface area contributed by atoms with Gasteiger partial charge in [0.2, 0.25) is 11.5 Å². The molecule has 6 rings (SSSR count). The lowest BCUT2D eigenvalue weighted by atomic mass is 9.97. The molecule has 0 unspecified atom stereocenters. The number of piperidine rings is 1. The predicted octanol–water partition coefficient (Wildman–Crippen LogP) is 4.95. The Morgan fingerprint density at radius 2 is 1.82 bits per heavy atom. The summed E-state index contributed by atoms with van der Waals surface area (Å²) in [7, 11) is 1.72. The summed E-state index contributed by atoms with van der Waals surface area (Å²) in [5, 5.41) is 4.55. The molecular weight excluding hydrogens is 503 g/mol. The Kier molecular flexibility index (Phi) is 9.93. The molecule has 40 heavy (non-hydrogen) atoms. The van der Waals surface area contributed by atoms with Crippen LogP contribution in [0.4, 0.5) is 4.39 Å². The molecule has 1 atom stereocenters. The first-order valence-corrected chi connectivity index (χ1v) is 13.8. The first-order chi connectivity index (χ1) is 19.5. The maximum absolute atomic E-state index is 13.7. The van der Waals surface area contributed by atoms with Gasteiger partial charge in [-0.15, -0.1) is 12.8 Å². The molecule has 4 aromatic rings. The van der Waals surface area contributed by atoms with Crippen molar-refractivity contribution in [2.45, 2.75) is 44.8 Å². The van der Waals surface area contributed by atoms with Crippen LogP contribution in [-0.2, 0) is 24.9 Å². The molecule has 208 valence electrons. The number of para-hydroxylation sites is 1. The number of carbonyl (C=O) groups is 1. The van der Waals surface area contributed by atoms with E-state index in [1.54, 1.807) is 31.4 Å². The van der Waals surface area contributed by atoms with Gasteiger partial charge in [0.05, 0.1) is 5.92 Å². The van der Waals surface area contributed by atoms with Crippen molar-refractivity contribution in [3.8, 4) is 12.8 Å². The zero-order chi connectivity index (χ0) is 28.5. The summed E-state index contributed by atoms with van der Waals surface area (Å²) in [5.74, 6) is 0.183. The highest BCUT2D eigenvalue weighted by Gasteiger charge is 2.36. The van der Waals surface area contributed by atoms with E-state index >= 15 is 0 Å². The normalized spacial score (nSPS) is 16.2. The van der Waals surface area contributed by atoms with E-state index in [-0.39, 0.29) is 17.3 Å². The topological polar surface area (TPSA) is 59.3 Å². The number of aryl methyl sites for hydroxylation is 1. The zero-order valence-electron chi connectivity index (χ0n) is 23.0. The Morgan fingerprint density at radius 1 is 1.05 bits per heavy atom. The molecule has 0 spiro atoms. The van der Waals surface area contributed by atoms with Crippen LogP contribution in [0, 0.1) is 24.6 Å². The van der Waals surface area contributed by atoms with Gasteiger partial charge in [0, 0.05) is 62.1 Å². The molecule has 2 aromatic carbocycles. The van der Waals surface area contributed by atoms with Crippen LogP contribution in [-0.4, -0.2) is 39.1 Å². The molecule has 1 amide bonds. The predicted molar refractivity (Wildman–Crippen MR) is 158 cm³/mol. The van der Waals surface area contributed by atoms with E-state index < -0.39 is 0 Å². The molecule has 2 aliphatic rings. The number of nitrogens with one attached hydrogen (secondary N) is 1. The van der Waals surface area contributed by atoms with E-state index in [4.69, 9.17) is 0 Å². The summed E-state index contributed by atoms with van der Waals surface area (Å²) in [6.07, 6.45) is 16.1. The molecule has 1 N–H and O–H groups in total. The number of amides is 1.